The third-order valence-electron chi connectivity index (χ3n) is 3.53. The summed E-state index contributed by atoms with van der Waals surface area (Å²) in [5.74, 6) is -59.9. The number of rotatable bonds is 10. The van der Waals surface area contributed by atoms with Crippen LogP contribution < -0.4 is 0 Å². The van der Waals surface area contributed by atoms with Gasteiger partial charge in [0.1, 0.15) is 0 Å². The minimum atomic E-state index is -8.68. The first-order chi connectivity index (χ1) is 13.6. The van der Waals surface area contributed by atoms with Crippen molar-refractivity contribution in [2.45, 2.75) is 54.5 Å². The smallest absolute Gasteiger partial charge is 0.393 e. The van der Waals surface area contributed by atoms with E-state index in [1.165, 1.54) is 0 Å². The van der Waals surface area contributed by atoms with Crippen LogP contribution in [-0.4, -0.2) is 60.2 Å². The summed E-state index contributed by atoms with van der Waals surface area (Å²) >= 11 is 0. The highest BCUT2D eigenvalue weighted by Gasteiger charge is 2.95. The van der Waals surface area contributed by atoms with Crippen LogP contribution in [0.5, 0.6) is 0 Å². The van der Waals surface area contributed by atoms with Crippen molar-refractivity contribution in [1.82, 2.24) is 0 Å². The topological polar surface area (TPSA) is 26.3 Å². The van der Waals surface area contributed by atoms with Crippen LogP contribution >= 0.6 is 0 Å². The van der Waals surface area contributed by atoms with Crippen LogP contribution in [0, 0.1) is 0 Å². The Hall–Kier alpha value is -1.98. The molecule has 0 spiro atoms. The molecule has 2 nitrogen and oxygen atoms in total. The van der Waals surface area contributed by atoms with Gasteiger partial charge in [-0.1, -0.05) is 6.58 Å². The lowest BCUT2D eigenvalue weighted by Crippen LogP contribution is -2.75. The highest BCUT2D eigenvalue weighted by atomic mass is 19.4. The van der Waals surface area contributed by atoms with E-state index in [1.54, 1.807) is 0 Å². The zero-order chi connectivity index (χ0) is 26.6. The summed E-state index contributed by atoms with van der Waals surface area (Å²) in [4.78, 5) is 10.8. The number of halogens is 17. The van der Waals surface area contributed by atoms with Gasteiger partial charge in [-0.2, -0.15) is 70.2 Å². The van der Waals surface area contributed by atoms with Gasteiger partial charge in [0, 0.05) is 5.57 Å². The number of esters is 1. The van der Waals surface area contributed by atoms with Crippen molar-refractivity contribution in [3.8, 4) is 0 Å². The second-order valence-electron chi connectivity index (χ2n) is 5.97. The number of carbonyl (C=O) groups excluding carboxylic acids is 1. The highest BCUT2D eigenvalue weighted by Crippen LogP contribution is 2.63. The molecule has 0 saturated carbocycles. The van der Waals surface area contributed by atoms with Gasteiger partial charge in [-0.15, -0.1) is 0 Å². The molecule has 0 saturated heterocycles. The summed E-state index contributed by atoms with van der Waals surface area (Å²) in [5, 5.41) is 0. The Bertz CT molecular complexity index is 739. The van der Waals surface area contributed by atoms with Gasteiger partial charge in [0.05, 0.1) is 0 Å². The molecule has 0 aliphatic carbocycles. The van der Waals surface area contributed by atoms with E-state index in [9.17, 15) is 79.4 Å². The van der Waals surface area contributed by atoms with E-state index in [-0.39, 0.29) is 0 Å². The second kappa shape index (κ2) is 7.81. The monoisotopic (exact) mass is 518 g/mol. The van der Waals surface area contributed by atoms with Gasteiger partial charge in [-0.3, -0.25) is 0 Å². The lowest BCUT2D eigenvalue weighted by molar-refractivity contribution is -0.468. The van der Waals surface area contributed by atoms with E-state index in [0.717, 1.165) is 0 Å². The fourth-order valence-electron chi connectivity index (χ4n) is 1.55. The fourth-order valence-corrected chi connectivity index (χ4v) is 1.55. The summed E-state index contributed by atoms with van der Waals surface area (Å²) in [7, 11) is 0. The Balaban J connectivity index is 6.73. The molecule has 0 aromatic carbocycles. The molecule has 0 fully saturated rings. The van der Waals surface area contributed by atoms with E-state index >= 15 is 0 Å². The highest BCUT2D eigenvalue weighted by molar-refractivity contribution is 5.87. The fraction of sp³-hybridized carbons (Fsp3) is 0.769. The SMILES string of the molecule is C=C(C)C(=O)OC(F)(F)C(F)(F)C(F)(F)C(F)(F)C(F)(F)C(F)(F)C(F)(F)C(F)(F)CF. The van der Waals surface area contributed by atoms with Gasteiger partial charge in [-0.25, -0.2) is 9.18 Å². The van der Waals surface area contributed by atoms with Gasteiger partial charge in [-0.05, 0) is 6.92 Å². The Kier molecular flexibility index (Phi) is 7.32. The molecule has 0 aliphatic heterocycles. The molecule has 32 heavy (non-hydrogen) atoms. The number of ether oxygens (including phenoxy) is 1. The molecular weight excluding hydrogens is 511 g/mol. The number of carbonyl (C=O) groups is 1. The summed E-state index contributed by atoms with van der Waals surface area (Å²) in [6.45, 7) is -1.10. The Morgan fingerprint density at radius 2 is 0.906 bits per heavy atom. The van der Waals surface area contributed by atoms with Crippen LogP contribution in [0.3, 0.4) is 0 Å². The molecule has 0 N–H and O–H groups in total. The Morgan fingerprint density at radius 3 is 1.19 bits per heavy atom. The summed E-state index contributed by atoms with van der Waals surface area (Å²) in [6.07, 6.45) is -7.20. The second-order valence-corrected chi connectivity index (χ2v) is 5.97. The third-order valence-corrected chi connectivity index (χ3v) is 3.53. The first-order valence-corrected chi connectivity index (χ1v) is 7.11. The molecule has 0 amide bonds. The van der Waals surface area contributed by atoms with Crippen LogP contribution in [0.25, 0.3) is 0 Å². The van der Waals surface area contributed by atoms with Gasteiger partial charge in [0.15, 0.2) is 6.67 Å². The van der Waals surface area contributed by atoms with Crippen LogP contribution in [0.2, 0.25) is 0 Å². The maximum Gasteiger partial charge on any atom is 0.473 e. The van der Waals surface area contributed by atoms with E-state index < -0.39 is 65.8 Å². The average molecular weight is 518 g/mol. The first kappa shape index (κ1) is 30.0. The maximum atomic E-state index is 13.4. The largest absolute Gasteiger partial charge is 0.473 e. The lowest BCUT2D eigenvalue weighted by Gasteiger charge is -2.43. The number of hydrogen-bond donors (Lipinski definition) is 0. The number of alkyl halides is 17. The van der Waals surface area contributed by atoms with Gasteiger partial charge < -0.3 is 4.74 Å². The van der Waals surface area contributed by atoms with E-state index in [1.807, 2.05) is 0 Å². The molecule has 0 radical (unpaired) electrons. The zero-order valence-corrected chi connectivity index (χ0v) is 14.7. The van der Waals surface area contributed by atoms with Gasteiger partial charge >= 0.3 is 53.5 Å². The van der Waals surface area contributed by atoms with Crippen molar-refractivity contribution >= 4 is 5.97 Å². The van der Waals surface area contributed by atoms with Crippen molar-refractivity contribution in [1.29, 1.82) is 0 Å². The van der Waals surface area contributed by atoms with Crippen molar-refractivity contribution in [2.75, 3.05) is 6.67 Å². The lowest BCUT2D eigenvalue weighted by atomic mass is 9.89. The van der Waals surface area contributed by atoms with Crippen molar-refractivity contribution < 1.29 is 84.2 Å². The third kappa shape index (κ3) is 3.84. The van der Waals surface area contributed by atoms with Crippen molar-refractivity contribution in [3.05, 3.63) is 12.2 Å². The van der Waals surface area contributed by atoms with E-state index in [2.05, 4.69) is 11.3 Å². The molecule has 0 aliphatic rings. The van der Waals surface area contributed by atoms with E-state index in [4.69, 9.17) is 0 Å². The quantitative estimate of drug-likeness (QED) is 0.198. The average Bonchev–Trinajstić information content (AvgIpc) is 2.59. The number of hydrogen-bond acceptors (Lipinski definition) is 2. The standard InChI is InChI=1S/C13H7F17O2/c1-4(2)5(31)32-13(29,30)12(27,28)11(25,26)10(23,24)9(21,22)8(19,20)7(17,18)6(15,16)3-14/h1,3H2,2H3. The molecule has 0 atom stereocenters. The van der Waals surface area contributed by atoms with Crippen LogP contribution in [0.15, 0.2) is 12.2 Å². The van der Waals surface area contributed by atoms with Gasteiger partial charge in [0.25, 0.3) is 0 Å². The molecule has 0 heterocycles. The summed E-state index contributed by atoms with van der Waals surface area (Å²) in [5.41, 5.74) is -1.29. The van der Waals surface area contributed by atoms with Crippen LogP contribution in [0.4, 0.5) is 74.6 Å². The van der Waals surface area contributed by atoms with Crippen LogP contribution in [-0.2, 0) is 9.53 Å². The Labute approximate surface area is 165 Å². The summed E-state index contributed by atoms with van der Waals surface area (Å²) < 4.78 is 225. The zero-order valence-electron chi connectivity index (χ0n) is 14.7. The van der Waals surface area contributed by atoms with Crippen LogP contribution in [0.1, 0.15) is 6.92 Å². The Morgan fingerprint density at radius 1 is 0.625 bits per heavy atom. The first-order valence-electron chi connectivity index (χ1n) is 7.11. The molecule has 0 bridgehead atoms. The predicted molar refractivity (Wildman–Crippen MR) is 66.5 cm³/mol. The van der Waals surface area contributed by atoms with Gasteiger partial charge in [0.2, 0.25) is 0 Å². The molecular formula is C13H7F17O2. The minimum absolute atomic E-state index is 0.394. The molecule has 0 aromatic heterocycles. The normalized spacial score (nSPS) is 15.6. The predicted octanol–water partition coefficient (Wildman–Crippen LogP) is 6.12. The summed E-state index contributed by atoms with van der Waals surface area (Å²) in [6, 6.07) is 0. The van der Waals surface area contributed by atoms with E-state index in [0.29, 0.717) is 6.92 Å². The molecule has 190 valence electrons. The van der Waals surface area contributed by atoms with Crippen molar-refractivity contribution in [2.24, 2.45) is 0 Å². The molecule has 0 aromatic rings. The maximum absolute atomic E-state index is 13.4. The molecule has 19 heteroatoms. The molecule has 0 rings (SSSR count). The molecule has 0 unspecified atom stereocenters. The van der Waals surface area contributed by atoms with Crippen molar-refractivity contribution in [3.63, 3.8) is 0 Å². The minimum Gasteiger partial charge on any atom is -0.393 e.